The highest BCUT2D eigenvalue weighted by molar-refractivity contribution is 6.22. The van der Waals surface area contributed by atoms with Crippen LogP contribution in [-0.4, -0.2) is 19.9 Å². The van der Waals surface area contributed by atoms with E-state index in [1.165, 1.54) is 10.8 Å². The molecule has 0 atom stereocenters. The van der Waals surface area contributed by atoms with E-state index < -0.39 is 0 Å². The molecule has 49 heavy (non-hydrogen) atoms. The number of furan rings is 1. The first-order chi connectivity index (χ1) is 24.3. The van der Waals surface area contributed by atoms with E-state index in [1.807, 2.05) is 60.7 Å². The van der Waals surface area contributed by atoms with E-state index in [0.29, 0.717) is 17.5 Å². The fraction of sp³-hybridized carbons (Fsp3) is 0. The molecule has 3 heterocycles. The molecule has 3 aromatic heterocycles. The van der Waals surface area contributed by atoms with Gasteiger partial charge in [0.15, 0.2) is 17.5 Å². The maximum atomic E-state index is 6.21. The van der Waals surface area contributed by atoms with Gasteiger partial charge in [-0.2, -0.15) is 0 Å². The molecule has 5 heteroatoms. The minimum atomic E-state index is 0.531. The lowest BCUT2D eigenvalue weighted by Crippen LogP contribution is -2.02. The predicted octanol–water partition coefficient (Wildman–Crippen LogP) is 11.3. The van der Waals surface area contributed by atoms with Crippen molar-refractivity contribution in [1.82, 2.24) is 19.9 Å². The average Bonchev–Trinajstić information content (AvgIpc) is 3.57. The van der Waals surface area contributed by atoms with E-state index in [2.05, 4.69) is 97.1 Å². The number of fused-ring (bicyclic) bond motifs is 8. The van der Waals surface area contributed by atoms with Crippen LogP contribution in [0.25, 0.3) is 99.8 Å². The van der Waals surface area contributed by atoms with Gasteiger partial charge in [0, 0.05) is 38.1 Å². The summed E-state index contributed by atoms with van der Waals surface area (Å²) in [5, 5.41) is 7.78. The number of hydrogen-bond donors (Lipinski definition) is 0. The monoisotopic (exact) mass is 626 g/mol. The van der Waals surface area contributed by atoms with Crippen molar-refractivity contribution >= 4 is 54.4 Å². The first-order valence-corrected chi connectivity index (χ1v) is 16.3. The van der Waals surface area contributed by atoms with E-state index in [4.69, 9.17) is 24.4 Å². The number of para-hydroxylation sites is 2. The molecular weight excluding hydrogens is 601 g/mol. The largest absolute Gasteiger partial charge is 0.456 e. The molecular formula is C44H26N4O. The molecule has 0 spiro atoms. The second-order valence-electron chi connectivity index (χ2n) is 12.2. The molecule has 0 N–H and O–H groups in total. The Kier molecular flexibility index (Phi) is 6.11. The minimum absolute atomic E-state index is 0.531. The molecule has 0 aliphatic carbocycles. The van der Waals surface area contributed by atoms with Gasteiger partial charge < -0.3 is 4.42 Å². The van der Waals surface area contributed by atoms with Gasteiger partial charge in [0.25, 0.3) is 0 Å². The predicted molar refractivity (Wildman–Crippen MR) is 199 cm³/mol. The van der Waals surface area contributed by atoms with E-state index in [9.17, 15) is 0 Å². The Hall–Kier alpha value is -6.72. The molecule has 0 unspecified atom stereocenters. The van der Waals surface area contributed by atoms with Crippen molar-refractivity contribution < 1.29 is 4.42 Å². The standard InChI is InChI=1S/C44H26N4O/c1-2-13-28(14-3-1)42-46-43(30-16-10-15-29(26-30)32-20-11-23-38-40(32)34-19-7-9-22-37(34)49-38)48-44(47-42)41-35-25-24-27-12-4-5-17-31(27)39(35)33-18-6-8-21-36(33)45-41/h1-26H. The van der Waals surface area contributed by atoms with Gasteiger partial charge in [0.1, 0.15) is 16.9 Å². The fourth-order valence-electron chi connectivity index (χ4n) is 7.06. The van der Waals surface area contributed by atoms with Crippen LogP contribution in [0.15, 0.2) is 162 Å². The molecule has 0 saturated heterocycles. The molecule has 0 bridgehead atoms. The first kappa shape index (κ1) is 27.4. The third kappa shape index (κ3) is 4.48. The quantitative estimate of drug-likeness (QED) is 0.182. The van der Waals surface area contributed by atoms with E-state index in [-0.39, 0.29) is 0 Å². The normalized spacial score (nSPS) is 11.7. The number of nitrogens with zero attached hydrogens (tertiary/aromatic N) is 4. The molecule has 0 fully saturated rings. The zero-order valence-electron chi connectivity index (χ0n) is 26.2. The van der Waals surface area contributed by atoms with Crippen LogP contribution in [0.3, 0.4) is 0 Å². The molecule has 5 nitrogen and oxygen atoms in total. The lowest BCUT2D eigenvalue weighted by Gasteiger charge is -2.13. The molecule has 0 radical (unpaired) electrons. The van der Waals surface area contributed by atoms with E-state index in [0.717, 1.165) is 71.6 Å². The Morgan fingerprint density at radius 1 is 0.367 bits per heavy atom. The summed E-state index contributed by atoms with van der Waals surface area (Å²) in [7, 11) is 0. The Bertz CT molecular complexity index is 2880. The van der Waals surface area contributed by atoms with Gasteiger partial charge in [0.2, 0.25) is 0 Å². The molecule has 228 valence electrons. The number of benzene rings is 7. The van der Waals surface area contributed by atoms with Crippen LogP contribution in [0.2, 0.25) is 0 Å². The topological polar surface area (TPSA) is 64.7 Å². The summed E-state index contributed by atoms with van der Waals surface area (Å²) in [4.78, 5) is 20.5. The van der Waals surface area contributed by atoms with Crippen molar-refractivity contribution in [3.8, 4) is 45.4 Å². The van der Waals surface area contributed by atoms with Gasteiger partial charge >= 0.3 is 0 Å². The number of rotatable bonds is 4. The number of hydrogen-bond acceptors (Lipinski definition) is 5. The molecule has 10 rings (SSSR count). The van der Waals surface area contributed by atoms with Gasteiger partial charge in [-0.25, -0.2) is 19.9 Å². The zero-order chi connectivity index (χ0) is 32.3. The Balaban J connectivity index is 1.22. The second kappa shape index (κ2) is 10.9. The van der Waals surface area contributed by atoms with Gasteiger partial charge in [-0.3, -0.25) is 0 Å². The van der Waals surface area contributed by atoms with Crippen LogP contribution in [0, 0.1) is 0 Å². The lowest BCUT2D eigenvalue weighted by molar-refractivity contribution is 0.669. The Morgan fingerprint density at radius 3 is 1.92 bits per heavy atom. The van der Waals surface area contributed by atoms with Crippen LogP contribution in [-0.2, 0) is 0 Å². The van der Waals surface area contributed by atoms with Crippen molar-refractivity contribution in [2.75, 3.05) is 0 Å². The van der Waals surface area contributed by atoms with E-state index in [1.54, 1.807) is 0 Å². The van der Waals surface area contributed by atoms with Crippen LogP contribution < -0.4 is 0 Å². The van der Waals surface area contributed by atoms with Crippen molar-refractivity contribution in [2.24, 2.45) is 0 Å². The molecule has 10 aromatic rings. The highest BCUT2D eigenvalue weighted by Gasteiger charge is 2.19. The van der Waals surface area contributed by atoms with Crippen LogP contribution in [0.1, 0.15) is 0 Å². The lowest BCUT2D eigenvalue weighted by atomic mass is 9.97. The Morgan fingerprint density at radius 2 is 1.02 bits per heavy atom. The van der Waals surface area contributed by atoms with E-state index >= 15 is 0 Å². The maximum absolute atomic E-state index is 6.21. The van der Waals surface area contributed by atoms with Gasteiger partial charge in [-0.05, 0) is 46.2 Å². The summed E-state index contributed by atoms with van der Waals surface area (Å²) in [5.41, 5.74) is 7.30. The third-order valence-corrected chi connectivity index (χ3v) is 9.30. The average molecular weight is 627 g/mol. The molecule has 0 saturated carbocycles. The summed E-state index contributed by atoms with van der Waals surface area (Å²) in [6.07, 6.45) is 0. The Labute approximate surface area is 281 Å². The highest BCUT2D eigenvalue weighted by Crippen LogP contribution is 2.39. The highest BCUT2D eigenvalue weighted by atomic mass is 16.3. The van der Waals surface area contributed by atoms with Crippen molar-refractivity contribution in [3.05, 3.63) is 158 Å². The summed E-state index contributed by atoms with van der Waals surface area (Å²) in [6.45, 7) is 0. The second-order valence-corrected chi connectivity index (χ2v) is 12.2. The molecule has 0 aliphatic heterocycles. The maximum Gasteiger partial charge on any atom is 0.183 e. The third-order valence-electron chi connectivity index (χ3n) is 9.30. The summed E-state index contributed by atoms with van der Waals surface area (Å²) < 4.78 is 6.21. The summed E-state index contributed by atoms with van der Waals surface area (Å²) in [5.74, 6) is 1.71. The first-order valence-electron chi connectivity index (χ1n) is 16.3. The van der Waals surface area contributed by atoms with Crippen molar-refractivity contribution in [3.63, 3.8) is 0 Å². The van der Waals surface area contributed by atoms with Crippen LogP contribution in [0.4, 0.5) is 0 Å². The fourth-order valence-corrected chi connectivity index (χ4v) is 7.06. The summed E-state index contributed by atoms with van der Waals surface area (Å²) >= 11 is 0. The van der Waals surface area contributed by atoms with Crippen molar-refractivity contribution in [2.45, 2.75) is 0 Å². The smallest absolute Gasteiger partial charge is 0.183 e. The van der Waals surface area contributed by atoms with Gasteiger partial charge in [0.05, 0.1) is 5.52 Å². The molecule has 0 aliphatic rings. The minimum Gasteiger partial charge on any atom is -0.456 e. The number of aromatic nitrogens is 4. The van der Waals surface area contributed by atoms with Crippen molar-refractivity contribution in [1.29, 1.82) is 0 Å². The number of pyridine rings is 1. The SMILES string of the molecule is c1ccc(-c2nc(-c3cccc(-c4cccc5oc6ccccc6c45)c3)nc(-c3nc4ccccc4c4c3ccc3ccccc34)n2)cc1. The molecule has 0 amide bonds. The summed E-state index contributed by atoms with van der Waals surface area (Å²) in [6, 6.07) is 54.0. The zero-order valence-corrected chi connectivity index (χ0v) is 26.2. The molecule has 7 aromatic carbocycles. The van der Waals surface area contributed by atoms with Gasteiger partial charge in [-0.15, -0.1) is 0 Å². The van der Waals surface area contributed by atoms with Crippen LogP contribution in [0.5, 0.6) is 0 Å². The van der Waals surface area contributed by atoms with Gasteiger partial charge in [-0.1, -0.05) is 133 Å². The van der Waals surface area contributed by atoms with Crippen LogP contribution >= 0.6 is 0 Å².